The van der Waals surface area contributed by atoms with E-state index < -0.39 is 0 Å². The molecule has 0 unspecified atom stereocenters. The molecule has 6 nitrogen and oxygen atoms in total. The lowest BCUT2D eigenvalue weighted by Gasteiger charge is -2.35. The van der Waals surface area contributed by atoms with Crippen LogP contribution >= 0.6 is 0 Å². The molecule has 0 spiro atoms. The van der Waals surface area contributed by atoms with E-state index in [1.807, 2.05) is 56.3 Å². The number of nitrogens with zero attached hydrogens (tertiary/aromatic N) is 2. The van der Waals surface area contributed by atoms with Crippen molar-refractivity contribution in [1.29, 1.82) is 0 Å². The predicted molar refractivity (Wildman–Crippen MR) is 112 cm³/mol. The van der Waals surface area contributed by atoms with Gasteiger partial charge in [-0.15, -0.1) is 0 Å². The highest BCUT2D eigenvalue weighted by atomic mass is 16.2. The van der Waals surface area contributed by atoms with E-state index in [1.54, 1.807) is 21.9 Å². The van der Waals surface area contributed by atoms with E-state index in [1.165, 1.54) is 0 Å². The molecule has 2 aromatic carbocycles. The van der Waals surface area contributed by atoms with Gasteiger partial charge in [0.1, 0.15) is 0 Å². The Hall–Kier alpha value is -3.15. The summed E-state index contributed by atoms with van der Waals surface area (Å²) >= 11 is 0. The summed E-state index contributed by atoms with van der Waals surface area (Å²) in [7, 11) is 0. The number of hydrogen-bond donors (Lipinski definition) is 1. The molecule has 1 fully saturated rings. The normalized spacial score (nSPS) is 14.0. The molecule has 3 amide bonds. The number of hydrogen-bond acceptors (Lipinski definition) is 3. The third-order valence-corrected chi connectivity index (χ3v) is 5.09. The Morgan fingerprint density at radius 2 is 1.38 bits per heavy atom. The maximum atomic E-state index is 12.4. The second-order valence-corrected chi connectivity index (χ2v) is 7.49. The van der Waals surface area contributed by atoms with Gasteiger partial charge in [-0.1, -0.05) is 56.3 Å². The lowest BCUT2D eigenvalue weighted by Crippen LogP contribution is -2.53. The summed E-state index contributed by atoms with van der Waals surface area (Å²) in [5.41, 5.74) is 2.64. The quantitative estimate of drug-likeness (QED) is 0.848. The van der Waals surface area contributed by atoms with Gasteiger partial charge in [-0.05, 0) is 23.3 Å². The summed E-state index contributed by atoms with van der Waals surface area (Å²) in [6.07, 6.45) is 0. The molecule has 0 aliphatic carbocycles. The Morgan fingerprint density at radius 1 is 0.828 bits per heavy atom. The smallest absolute Gasteiger partial charge is 0.251 e. The fourth-order valence-electron chi connectivity index (χ4n) is 3.36. The number of nitrogens with one attached hydrogen (secondary N) is 1. The topological polar surface area (TPSA) is 69.7 Å². The molecule has 1 saturated heterocycles. The van der Waals surface area contributed by atoms with Crippen molar-refractivity contribution in [3.63, 3.8) is 0 Å². The Bertz CT molecular complexity index is 855. The minimum absolute atomic E-state index is 0.0372. The predicted octanol–water partition coefficient (Wildman–Crippen LogP) is 2.41. The van der Waals surface area contributed by atoms with Crippen molar-refractivity contribution in [3.05, 3.63) is 60.2 Å². The molecular formula is C23H27N3O3. The molecule has 0 saturated carbocycles. The molecule has 2 aromatic rings. The molecule has 3 rings (SSSR count). The molecule has 1 aliphatic rings. The first-order valence-electron chi connectivity index (χ1n) is 9.96. The van der Waals surface area contributed by atoms with Gasteiger partial charge in [0.05, 0.1) is 6.54 Å². The third-order valence-electron chi connectivity index (χ3n) is 5.09. The largest absolute Gasteiger partial charge is 0.343 e. The van der Waals surface area contributed by atoms with Crippen LogP contribution in [0.25, 0.3) is 11.1 Å². The van der Waals surface area contributed by atoms with E-state index in [-0.39, 0.29) is 30.2 Å². The number of amides is 3. The van der Waals surface area contributed by atoms with Gasteiger partial charge in [0, 0.05) is 37.7 Å². The van der Waals surface area contributed by atoms with Crippen molar-refractivity contribution in [3.8, 4) is 11.1 Å². The van der Waals surface area contributed by atoms with Crippen LogP contribution in [0.5, 0.6) is 0 Å². The molecular weight excluding hydrogens is 366 g/mol. The van der Waals surface area contributed by atoms with Crippen molar-refractivity contribution >= 4 is 17.7 Å². The molecule has 0 radical (unpaired) electrons. The van der Waals surface area contributed by atoms with Crippen LogP contribution in [0.2, 0.25) is 0 Å². The van der Waals surface area contributed by atoms with Gasteiger partial charge in [-0.2, -0.15) is 0 Å². The highest BCUT2D eigenvalue weighted by Gasteiger charge is 2.25. The summed E-state index contributed by atoms with van der Waals surface area (Å²) in [4.78, 5) is 40.3. The van der Waals surface area contributed by atoms with Crippen molar-refractivity contribution in [2.24, 2.45) is 5.92 Å². The monoisotopic (exact) mass is 393 g/mol. The maximum absolute atomic E-state index is 12.4. The van der Waals surface area contributed by atoms with Crippen molar-refractivity contribution < 1.29 is 14.4 Å². The van der Waals surface area contributed by atoms with Crippen LogP contribution in [-0.2, 0) is 9.59 Å². The highest BCUT2D eigenvalue weighted by Crippen LogP contribution is 2.19. The first-order valence-corrected chi connectivity index (χ1v) is 9.96. The highest BCUT2D eigenvalue weighted by molar-refractivity contribution is 5.96. The maximum Gasteiger partial charge on any atom is 0.251 e. The molecule has 0 atom stereocenters. The van der Waals surface area contributed by atoms with E-state index >= 15 is 0 Å². The van der Waals surface area contributed by atoms with Crippen molar-refractivity contribution in [2.75, 3.05) is 32.7 Å². The average Bonchev–Trinajstić information content (AvgIpc) is 2.77. The summed E-state index contributed by atoms with van der Waals surface area (Å²) in [6, 6.07) is 17.3. The SMILES string of the molecule is CC(C)C(=O)N1CCN(C(=O)CNC(=O)c2ccc(-c3ccccc3)cc2)CC1. The van der Waals surface area contributed by atoms with Crippen molar-refractivity contribution in [1.82, 2.24) is 15.1 Å². The zero-order chi connectivity index (χ0) is 20.8. The summed E-state index contributed by atoms with van der Waals surface area (Å²) in [5.74, 6) is -0.323. The first kappa shape index (κ1) is 20.6. The van der Waals surface area contributed by atoms with E-state index in [0.717, 1.165) is 11.1 Å². The Morgan fingerprint density at radius 3 is 1.97 bits per heavy atom. The zero-order valence-corrected chi connectivity index (χ0v) is 16.9. The Labute approximate surface area is 171 Å². The van der Waals surface area contributed by atoms with Crippen LogP contribution in [0.4, 0.5) is 0 Å². The van der Waals surface area contributed by atoms with Crippen LogP contribution in [0.3, 0.4) is 0 Å². The van der Waals surface area contributed by atoms with E-state index in [0.29, 0.717) is 31.7 Å². The molecule has 152 valence electrons. The van der Waals surface area contributed by atoms with Gasteiger partial charge in [-0.25, -0.2) is 0 Å². The number of carbonyl (C=O) groups excluding carboxylic acids is 3. The van der Waals surface area contributed by atoms with Gasteiger partial charge in [-0.3, -0.25) is 14.4 Å². The summed E-state index contributed by atoms with van der Waals surface area (Å²) < 4.78 is 0. The van der Waals surface area contributed by atoms with E-state index in [2.05, 4.69) is 5.32 Å². The molecule has 0 aromatic heterocycles. The van der Waals surface area contributed by atoms with Crippen LogP contribution < -0.4 is 5.32 Å². The zero-order valence-electron chi connectivity index (χ0n) is 16.9. The molecule has 1 aliphatic heterocycles. The number of carbonyl (C=O) groups is 3. The van der Waals surface area contributed by atoms with Gasteiger partial charge >= 0.3 is 0 Å². The summed E-state index contributed by atoms with van der Waals surface area (Å²) in [6.45, 7) is 5.79. The second kappa shape index (κ2) is 9.37. The first-order chi connectivity index (χ1) is 14.0. The Balaban J connectivity index is 1.48. The van der Waals surface area contributed by atoms with Gasteiger partial charge in [0.15, 0.2) is 0 Å². The molecule has 0 bridgehead atoms. The Kier molecular flexibility index (Phi) is 6.65. The molecule has 1 heterocycles. The second-order valence-electron chi connectivity index (χ2n) is 7.49. The van der Waals surface area contributed by atoms with E-state index in [4.69, 9.17) is 0 Å². The third kappa shape index (κ3) is 5.22. The van der Waals surface area contributed by atoms with Crippen LogP contribution in [0.1, 0.15) is 24.2 Å². The van der Waals surface area contributed by atoms with Crippen molar-refractivity contribution in [2.45, 2.75) is 13.8 Å². The number of benzene rings is 2. The van der Waals surface area contributed by atoms with Gasteiger partial charge < -0.3 is 15.1 Å². The fraction of sp³-hybridized carbons (Fsp3) is 0.348. The lowest BCUT2D eigenvalue weighted by molar-refractivity contribution is -0.140. The number of piperazine rings is 1. The van der Waals surface area contributed by atoms with E-state index in [9.17, 15) is 14.4 Å². The molecule has 29 heavy (non-hydrogen) atoms. The van der Waals surface area contributed by atoms with Crippen LogP contribution in [-0.4, -0.2) is 60.2 Å². The fourth-order valence-corrected chi connectivity index (χ4v) is 3.36. The molecule has 6 heteroatoms. The number of rotatable bonds is 5. The van der Waals surface area contributed by atoms with Gasteiger partial charge in [0.2, 0.25) is 11.8 Å². The molecule has 1 N–H and O–H groups in total. The minimum Gasteiger partial charge on any atom is -0.343 e. The van der Waals surface area contributed by atoms with Crippen LogP contribution in [0.15, 0.2) is 54.6 Å². The lowest BCUT2D eigenvalue weighted by atomic mass is 10.0. The summed E-state index contributed by atoms with van der Waals surface area (Å²) in [5, 5.41) is 2.70. The standard InChI is InChI=1S/C23H27N3O3/c1-17(2)23(29)26-14-12-25(13-15-26)21(27)16-24-22(28)20-10-8-19(9-11-20)18-6-4-3-5-7-18/h3-11,17H,12-16H2,1-2H3,(H,24,28). The average molecular weight is 393 g/mol. The minimum atomic E-state index is -0.272. The van der Waals surface area contributed by atoms with Gasteiger partial charge in [0.25, 0.3) is 5.91 Å². The van der Waals surface area contributed by atoms with Crippen LogP contribution in [0, 0.1) is 5.92 Å².